The van der Waals surface area contributed by atoms with Crippen LogP contribution in [0.3, 0.4) is 0 Å². The van der Waals surface area contributed by atoms with Gasteiger partial charge in [-0.05, 0) is 82.2 Å². The second kappa shape index (κ2) is 19.9. The SMILES string of the molecule is CC(=CC(C(C)C)N(C)C(=O)[C@@H](NC(=O)[C@H]1CCCCN1C(C)C(C)C)C(C)(C)C)C(=O)N1CCC[C@H]1C(=O)N[C@H](C)Cc1ccc(C(=O)c2ccccc2)cc1. The normalized spacial score (nSPS) is 20.2. The van der Waals surface area contributed by atoms with Gasteiger partial charge in [-0.25, -0.2) is 0 Å². The number of hydrogen-bond donors (Lipinski definition) is 2. The summed E-state index contributed by atoms with van der Waals surface area (Å²) in [5.41, 5.74) is 2.16. The Labute approximate surface area is 342 Å². The van der Waals surface area contributed by atoms with Gasteiger partial charge in [0.1, 0.15) is 12.1 Å². The number of likely N-dealkylation sites (tertiary alicyclic amines) is 2. The van der Waals surface area contributed by atoms with Crippen LogP contribution in [0.15, 0.2) is 66.2 Å². The Bertz CT molecular complexity index is 1730. The monoisotopic (exact) mass is 784 g/mol. The molecule has 2 saturated heterocycles. The van der Waals surface area contributed by atoms with Gasteiger partial charge in [0, 0.05) is 42.4 Å². The number of carbonyl (C=O) groups excluding carboxylic acids is 5. The lowest BCUT2D eigenvalue weighted by atomic mass is 9.84. The Morgan fingerprint density at radius 1 is 0.772 bits per heavy atom. The zero-order valence-electron chi connectivity index (χ0n) is 36.4. The summed E-state index contributed by atoms with van der Waals surface area (Å²) in [6.07, 6.45) is 6.52. The predicted octanol–water partition coefficient (Wildman–Crippen LogP) is 6.82. The summed E-state index contributed by atoms with van der Waals surface area (Å²) in [7, 11) is 1.75. The van der Waals surface area contributed by atoms with Crippen LogP contribution in [0.25, 0.3) is 0 Å². The van der Waals surface area contributed by atoms with Crippen molar-refractivity contribution in [1.29, 1.82) is 0 Å². The topological polar surface area (TPSA) is 119 Å². The van der Waals surface area contributed by atoms with Crippen LogP contribution < -0.4 is 10.6 Å². The molecule has 2 fully saturated rings. The van der Waals surface area contributed by atoms with E-state index in [1.165, 1.54) is 0 Å². The number of nitrogens with zero attached hydrogens (tertiary/aromatic N) is 3. The van der Waals surface area contributed by atoms with Crippen molar-refractivity contribution in [2.24, 2.45) is 17.3 Å². The third-order valence-corrected chi connectivity index (χ3v) is 12.0. The zero-order chi connectivity index (χ0) is 42.2. The molecule has 2 aromatic rings. The summed E-state index contributed by atoms with van der Waals surface area (Å²) in [6.45, 7) is 21.5. The van der Waals surface area contributed by atoms with E-state index in [1.807, 2.05) is 90.1 Å². The standard InChI is InChI=1S/C47H69N5O5/c1-30(2)34(7)51-26-16-15-20-38(51)44(55)49-42(47(8,9)10)46(57)50(11)40(31(3)4)28-32(5)45(56)52-27-17-21-39(52)43(54)48-33(6)29-35-22-24-37(25-23-35)41(53)36-18-13-12-14-19-36/h12-14,18-19,22-25,28,30-31,33-34,38-40,42H,15-17,20-21,26-27,29H2,1-11H3,(H,48,54)(H,49,55)/t33-,34?,38-,39+,40?,42-/m1/s1. The summed E-state index contributed by atoms with van der Waals surface area (Å²) in [5.74, 6) is -0.369. The van der Waals surface area contributed by atoms with Crippen LogP contribution in [0, 0.1) is 17.3 Å². The maximum atomic E-state index is 14.4. The van der Waals surface area contributed by atoms with E-state index in [-0.39, 0.29) is 53.5 Å². The lowest BCUT2D eigenvalue weighted by Crippen LogP contribution is -2.61. The van der Waals surface area contributed by atoms with Gasteiger partial charge in [0.25, 0.3) is 0 Å². The first-order chi connectivity index (χ1) is 26.8. The molecule has 4 amide bonds. The summed E-state index contributed by atoms with van der Waals surface area (Å²) >= 11 is 0. The van der Waals surface area contributed by atoms with Crippen LogP contribution in [0.1, 0.15) is 123 Å². The van der Waals surface area contributed by atoms with E-state index in [1.54, 1.807) is 35.9 Å². The maximum absolute atomic E-state index is 14.4. The summed E-state index contributed by atoms with van der Waals surface area (Å²) in [6, 6.07) is 14.7. The predicted molar refractivity (Wildman–Crippen MR) is 228 cm³/mol. The van der Waals surface area contributed by atoms with Gasteiger partial charge in [-0.15, -0.1) is 0 Å². The highest BCUT2D eigenvalue weighted by Gasteiger charge is 2.41. The van der Waals surface area contributed by atoms with Crippen LogP contribution in [-0.4, -0.2) is 100 Å². The number of piperidine rings is 1. The molecule has 0 saturated carbocycles. The Hall–Kier alpha value is -4.31. The molecule has 57 heavy (non-hydrogen) atoms. The van der Waals surface area contributed by atoms with Gasteiger partial charge < -0.3 is 20.4 Å². The van der Waals surface area contributed by atoms with Crippen LogP contribution in [-0.2, 0) is 25.6 Å². The molecule has 4 rings (SSSR count). The lowest BCUT2D eigenvalue weighted by molar-refractivity contribution is -0.142. The first-order valence-corrected chi connectivity index (χ1v) is 21.1. The van der Waals surface area contributed by atoms with Crippen LogP contribution in [0.2, 0.25) is 0 Å². The Morgan fingerprint density at radius 2 is 1.37 bits per heavy atom. The van der Waals surface area contributed by atoms with Crippen molar-refractivity contribution in [1.82, 2.24) is 25.3 Å². The van der Waals surface area contributed by atoms with E-state index in [9.17, 15) is 24.0 Å². The minimum absolute atomic E-state index is 0.0252. The van der Waals surface area contributed by atoms with E-state index in [0.717, 1.165) is 37.8 Å². The van der Waals surface area contributed by atoms with Crippen molar-refractivity contribution in [3.8, 4) is 0 Å². The third-order valence-electron chi connectivity index (χ3n) is 12.0. The Morgan fingerprint density at radius 3 is 1.96 bits per heavy atom. The number of ketones is 1. The number of nitrogens with one attached hydrogen (secondary N) is 2. The smallest absolute Gasteiger partial charge is 0.249 e. The molecule has 10 nitrogen and oxygen atoms in total. The molecule has 0 aromatic heterocycles. The minimum Gasteiger partial charge on any atom is -0.352 e. The van der Waals surface area contributed by atoms with E-state index < -0.39 is 23.5 Å². The molecule has 2 aromatic carbocycles. The van der Waals surface area contributed by atoms with Gasteiger partial charge in [-0.1, -0.05) is 116 Å². The van der Waals surface area contributed by atoms with E-state index in [4.69, 9.17) is 0 Å². The van der Waals surface area contributed by atoms with Gasteiger partial charge in [0.2, 0.25) is 23.6 Å². The molecule has 10 heteroatoms. The number of amides is 4. The average Bonchev–Trinajstić information content (AvgIpc) is 3.68. The largest absolute Gasteiger partial charge is 0.352 e. The van der Waals surface area contributed by atoms with Crippen molar-refractivity contribution in [2.75, 3.05) is 20.1 Å². The van der Waals surface area contributed by atoms with Gasteiger partial charge in [0.15, 0.2) is 5.78 Å². The third kappa shape index (κ3) is 11.6. The first-order valence-electron chi connectivity index (χ1n) is 21.1. The van der Waals surface area contributed by atoms with Gasteiger partial charge in [0.05, 0.1) is 12.1 Å². The molecule has 0 bridgehead atoms. The molecule has 2 heterocycles. The molecule has 312 valence electrons. The molecule has 0 aliphatic carbocycles. The minimum atomic E-state index is -0.762. The molecular formula is C47H69N5O5. The van der Waals surface area contributed by atoms with Crippen molar-refractivity contribution in [3.05, 3.63) is 82.9 Å². The van der Waals surface area contributed by atoms with Crippen LogP contribution in [0.5, 0.6) is 0 Å². The van der Waals surface area contributed by atoms with Gasteiger partial charge >= 0.3 is 0 Å². The fraction of sp³-hybridized carbons (Fsp3) is 0.596. The van der Waals surface area contributed by atoms with Gasteiger partial charge in [-0.3, -0.25) is 28.9 Å². The van der Waals surface area contributed by atoms with Gasteiger partial charge in [-0.2, -0.15) is 0 Å². The highest BCUT2D eigenvalue weighted by atomic mass is 16.2. The van der Waals surface area contributed by atoms with Crippen LogP contribution in [0.4, 0.5) is 0 Å². The fourth-order valence-electron chi connectivity index (χ4n) is 8.22. The highest BCUT2D eigenvalue weighted by molar-refractivity contribution is 6.09. The zero-order valence-corrected chi connectivity index (χ0v) is 36.4. The second-order valence-electron chi connectivity index (χ2n) is 18.2. The second-order valence-corrected chi connectivity index (χ2v) is 18.2. The quantitative estimate of drug-likeness (QED) is 0.151. The van der Waals surface area contributed by atoms with Crippen molar-refractivity contribution in [2.45, 2.75) is 144 Å². The highest BCUT2D eigenvalue weighted by Crippen LogP contribution is 2.28. The number of rotatable bonds is 15. The number of benzene rings is 2. The summed E-state index contributed by atoms with van der Waals surface area (Å²) < 4.78 is 0. The summed E-state index contributed by atoms with van der Waals surface area (Å²) in [4.78, 5) is 74.4. The maximum Gasteiger partial charge on any atom is 0.249 e. The number of likely N-dealkylation sites (N-methyl/N-ethyl adjacent to an activating group) is 1. The fourth-order valence-corrected chi connectivity index (χ4v) is 8.22. The molecule has 6 atom stereocenters. The van der Waals surface area contributed by atoms with E-state index in [0.29, 0.717) is 42.0 Å². The molecular weight excluding hydrogens is 715 g/mol. The molecule has 2 N–H and O–H groups in total. The molecule has 0 radical (unpaired) electrons. The van der Waals surface area contributed by atoms with Crippen molar-refractivity contribution in [3.63, 3.8) is 0 Å². The lowest BCUT2D eigenvalue weighted by Gasteiger charge is -2.42. The van der Waals surface area contributed by atoms with E-state index in [2.05, 4.69) is 36.3 Å². The molecule has 0 spiro atoms. The molecule has 2 aliphatic rings. The number of hydrogen-bond acceptors (Lipinski definition) is 6. The number of carbonyl (C=O) groups is 5. The van der Waals surface area contributed by atoms with Crippen LogP contribution >= 0.6 is 0 Å². The van der Waals surface area contributed by atoms with Crippen molar-refractivity contribution < 1.29 is 24.0 Å². The van der Waals surface area contributed by atoms with Crippen molar-refractivity contribution >= 4 is 29.4 Å². The van der Waals surface area contributed by atoms with E-state index >= 15 is 0 Å². The molecule has 2 unspecified atom stereocenters. The molecule has 2 aliphatic heterocycles. The Balaban J connectivity index is 1.41. The Kier molecular flexibility index (Phi) is 15.8. The summed E-state index contributed by atoms with van der Waals surface area (Å²) in [5, 5.41) is 6.30. The average molecular weight is 784 g/mol. The first kappa shape index (κ1) is 45.4.